The summed E-state index contributed by atoms with van der Waals surface area (Å²) < 4.78 is 53.3. The summed E-state index contributed by atoms with van der Waals surface area (Å²) in [5.41, 5.74) is 2.78. The maximum absolute atomic E-state index is 13.7. The van der Waals surface area contributed by atoms with Gasteiger partial charge in [0, 0.05) is 21.2 Å². The van der Waals surface area contributed by atoms with Gasteiger partial charge < -0.3 is 5.73 Å². The zero-order chi connectivity index (χ0) is 16.5. The van der Waals surface area contributed by atoms with Crippen LogP contribution in [0.3, 0.4) is 0 Å². The third-order valence-electron chi connectivity index (χ3n) is 2.47. The number of alkyl halides is 3. The molecule has 1 heterocycles. The smallest absolute Gasteiger partial charge is 0.395 e. The van der Waals surface area contributed by atoms with Gasteiger partial charge in [-0.15, -0.1) is 9.90 Å². The number of benzene rings is 1. The van der Waals surface area contributed by atoms with Gasteiger partial charge in [0.1, 0.15) is 11.5 Å². The lowest BCUT2D eigenvalue weighted by Gasteiger charge is -2.15. The Hall–Kier alpha value is -1.19. The quantitative estimate of drug-likeness (QED) is 0.301. The van der Waals surface area contributed by atoms with Crippen molar-refractivity contribution >= 4 is 47.4 Å². The number of nitrogens with two attached hydrogens (primary N) is 1. The molecule has 0 saturated heterocycles. The highest BCUT2D eigenvalue weighted by atomic mass is 127. The highest BCUT2D eigenvalue weighted by Crippen LogP contribution is 2.38. The fraction of sp³-hybridized carbons (Fsp3) is 0.0909. The van der Waals surface area contributed by atoms with Crippen LogP contribution < -0.4 is 5.73 Å². The Morgan fingerprint density at radius 2 is 2.09 bits per heavy atom. The lowest BCUT2D eigenvalue weighted by atomic mass is 10.0. The standard InChI is InChI=1S/C11H4ClF4IN4S/c12-8-4-19-21(20-8)10-5(1-2-22-17)9(18)7(13)3-6(10)11(14,15)16/h3-4H,18H2. The van der Waals surface area contributed by atoms with Gasteiger partial charge in [-0.25, -0.2) is 4.39 Å². The van der Waals surface area contributed by atoms with E-state index in [2.05, 4.69) is 21.4 Å². The Morgan fingerprint density at radius 3 is 2.59 bits per heavy atom. The molecule has 11 heteroatoms. The summed E-state index contributed by atoms with van der Waals surface area (Å²) in [6.45, 7) is 0. The molecule has 0 aliphatic carbocycles. The monoisotopic (exact) mass is 462 g/mol. The molecule has 22 heavy (non-hydrogen) atoms. The van der Waals surface area contributed by atoms with Crippen LogP contribution in [0.4, 0.5) is 23.2 Å². The predicted octanol–water partition coefficient (Wildman–Crippen LogP) is 4.05. The number of rotatable bonds is 1. The van der Waals surface area contributed by atoms with E-state index < -0.39 is 28.9 Å². The molecule has 0 aliphatic heterocycles. The first-order valence-corrected chi connectivity index (χ1v) is 9.05. The third kappa shape index (κ3) is 3.41. The third-order valence-corrected chi connectivity index (χ3v) is 3.49. The fourth-order valence-corrected chi connectivity index (χ4v) is 2.21. The van der Waals surface area contributed by atoms with Gasteiger partial charge in [-0.05, 0) is 26.2 Å². The number of hydrogen-bond donors (Lipinski definition) is 1. The molecular weight excluding hydrogens is 459 g/mol. The second-order valence-electron chi connectivity index (χ2n) is 3.80. The number of nitrogen functional groups attached to an aromatic ring is 1. The minimum absolute atomic E-state index is 0.127. The van der Waals surface area contributed by atoms with Gasteiger partial charge in [0.15, 0.2) is 5.15 Å². The van der Waals surface area contributed by atoms with Crippen molar-refractivity contribution in [3.05, 3.63) is 34.4 Å². The first-order valence-electron chi connectivity index (χ1n) is 5.31. The van der Waals surface area contributed by atoms with Crippen LogP contribution in [-0.4, -0.2) is 15.0 Å². The lowest BCUT2D eigenvalue weighted by Crippen LogP contribution is -2.16. The molecule has 116 valence electrons. The first-order chi connectivity index (χ1) is 10.3. The average Bonchev–Trinajstić information content (AvgIpc) is 2.85. The number of hydrogen-bond acceptors (Lipinski definition) is 4. The molecule has 0 fully saturated rings. The number of aromatic nitrogens is 3. The van der Waals surface area contributed by atoms with E-state index in [0.29, 0.717) is 4.80 Å². The van der Waals surface area contributed by atoms with E-state index in [4.69, 9.17) is 17.3 Å². The predicted molar refractivity (Wildman–Crippen MR) is 84.2 cm³/mol. The molecule has 2 rings (SSSR count). The van der Waals surface area contributed by atoms with E-state index in [1.165, 1.54) is 0 Å². The summed E-state index contributed by atoms with van der Waals surface area (Å²) in [6, 6.07) is 0.282. The molecule has 0 aliphatic rings. The number of nitrogens with zero attached hydrogens (tertiary/aromatic N) is 3. The van der Waals surface area contributed by atoms with Crippen LogP contribution in [0, 0.1) is 17.0 Å². The van der Waals surface area contributed by atoms with Crippen LogP contribution in [-0.2, 0) is 6.18 Å². The molecular formula is C11H4ClF4IN4S. The molecule has 0 amide bonds. The van der Waals surface area contributed by atoms with E-state index in [1.54, 1.807) is 0 Å². The van der Waals surface area contributed by atoms with E-state index >= 15 is 0 Å². The van der Waals surface area contributed by atoms with Crippen LogP contribution >= 0.6 is 41.7 Å². The van der Waals surface area contributed by atoms with Gasteiger partial charge in [-0.1, -0.05) is 11.6 Å². The second kappa shape index (κ2) is 6.51. The Balaban J connectivity index is 2.89. The zero-order valence-corrected chi connectivity index (χ0v) is 14.0. The van der Waals surface area contributed by atoms with Gasteiger partial charge >= 0.3 is 6.18 Å². The first kappa shape index (κ1) is 17.2. The fourth-order valence-electron chi connectivity index (χ4n) is 1.63. The molecule has 2 N–H and O–H groups in total. The summed E-state index contributed by atoms with van der Waals surface area (Å²) in [7, 11) is 1.01. The molecule has 1 aromatic carbocycles. The van der Waals surface area contributed by atoms with Crippen LogP contribution in [0.2, 0.25) is 5.15 Å². The summed E-state index contributed by atoms with van der Waals surface area (Å²) in [4.78, 5) is 0.628. The summed E-state index contributed by atoms with van der Waals surface area (Å²) in [5, 5.41) is 9.57. The normalized spacial score (nSPS) is 11.2. The van der Waals surface area contributed by atoms with Gasteiger partial charge in [0.25, 0.3) is 0 Å². The highest BCUT2D eigenvalue weighted by Gasteiger charge is 2.37. The lowest BCUT2D eigenvalue weighted by molar-refractivity contribution is -0.137. The van der Waals surface area contributed by atoms with Crippen molar-refractivity contribution in [3.63, 3.8) is 0 Å². The Bertz CT molecular complexity index is 781. The summed E-state index contributed by atoms with van der Waals surface area (Å²) in [6.07, 6.45) is -3.80. The second-order valence-corrected chi connectivity index (χ2v) is 5.87. The maximum atomic E-state index is 13.7. The molecule has 0 radical (unpaired) electrons. The van der Waals surface area contributed by atoms with Crippen molar-refractivity contribution in [1.29, 1.82) is 0 Å². The SMILES string of the molecule is Nc1c(F)cc(C(F)(F)F)c(-n2ncc(Cl)n2)c1C#CSI. The Labute approximate surface area is 143 Å². The molecule has 1 aromatic heterocycles. The topological polar surface area (TPSA) is 56.7 Å². The van der Waals surface area contributed by atoms with Crippen molar-refractivity contribution in [1.82, 2.24) is 15.0 Å². The molecule has 0 saturated carbocycles. The summed E-state index contributed by atoms with van der Waals surface area (Å²) in [5.74, 6) is 1.16. The van der Waals surface area contributed by atoms with Crippen LogP contribution in [0.25, 0.3) is 5.69 Å². The van der Waals surface area contributed by atoms with Gasteiger partial charge in [-0.3, -0.25) is 0 Å². The van der Waals surface area contributed by atoms with Gasteiger partial charge in [0.05, 0.1) is 23.0 Å². The molecule has 0 unspecified atom stereocenters. The number of halogens is 6. The molecule has 2 aromatic rings. The van der Waals surface area contributed by atoms with Crippen molar-refractivity contribution in [2.24, 2.45) is 0 Å². The molecule has 4 nitrogen and oxygen atoms in total. The number of anilines is 1. The minimum Gasteiger partial charge on any atom is -0.395 e. The minimum atomic E-state index is -4.85. The summed E-state index contributed by atoms with van der Waals surface area (Å²) >= 11 is 7.40. The molecule has 0 bridgehead atoms. The molecule has 0 atom stereocenters. The zero-order valence-electron chi connectivity index (χ0n) is 10.2. The Kier molecular flexibility index (Phi) is 5.08. The van der Waals surface area contributed by atoms with E-state index in [1.807, 2.05) is 21.2 Å². The maximum Gasteiger partial charge on any atom is 0.418 e. The van der Waals surface area contributed by atoms with Crippen molar-refractivity contribution in [2.75, 3.05) is 5.73 Å². The molecule has 0 spiro atoms. The van der Waals surface area contributed by atoms with E-state index in [-0.39, 0.29) is 16.8 Å². The van der Waals surface area contributed by atoms with Crippen LogP contribution in [0.5, 0.6) is 0 Å². The van der Waals surface area contributed by atoms with Crippen LogP contribution in [0.15, 0.2) is 12.3 Å². The van der Waals surface area contributed by atoms with Crippen molar-refractivity contribution < 1.29 is 17.6 Å². The highest BCUT2D eigenvalue weighted by molar-refractivity contribution is 14.2. The largest absolute Gasteiger partial charge is 0.418 e. The van der Waals surface area contributed by atoms with Crippen molar-refractivity contribution in [2.45, 2.75) is 6.18 Å². The average molecular weight is 463 g/mol. The van der Waals surface area contributed by atoms with Crippen LogP contribution in [0.1, 0.15) is 11.1 Å². The Morgan fingerprint density at radius 1 is 1.41 bits per heavy atom. The van der Waals surface area contributed by atoms with Crippen molar-refractivity contribution in [3.8, 4) is 16.9 Å². The van der Waals surface area contributed by atoms with Gasteiger partial charge in [-0.2, -0.15) is 18.3 Å². The van der Waals surface area contributed by atoms with E-state index in [9.17, 15) is 17.6 Å². The van der Waals surface area contributed by atoms with E-state index in [0.717, 1.165) is 15.1 Å². The van der Waals surface area contributed by atoms with Gasteiger partial charge in [0.2, 0.25) is 0 Å².